The highest BCUT2D eigenvalue weighted by Crippen LogP contribution is 2.22. The second-order valence-electron chi connectivity index (χ2n) is 5.63. The van der Waals surface area contributed by atoms with Crippen molar-refractivity contribution in [1.82, 2.24) is 0 Å². The molecule has 1 aromatic heterocycles. The van der Waals surface area contributed by atoms with Crippen molar-refractivity contribution in [1.29, 1.82) is 0 Å². The van der Waals surface area contributed by atoms with Crippen LogP contribution in [0, 0.1) is 6.92 Å². The Kier molecular flexibility index (Phi) is 4.70. The largest absolute Gasteiger partial charge is 0.484 e. The van der Waals surface area contributed by atoms with E-state index in [1.54, 1.807) is 31.2 Å². The molecule has 1 amide bonds. The molecule has 1 heterocycles. The van der Waals surface area contributed by atoms with Crippen molar-refractivity contribution >= 4 is 28.5 Å². The summed E-state index contributed by atoms with van der Waals surface area (Å²) in [6, 6.07) is 12.3. The first kappa shape index (κ1) is 17.2. The molecule has 0 spiro atoms. The topological polar surface area (TPSA) is 106 Å². The number of amides is 1. The SMILES string of the molecule is Cc1cc(=O)oc2cc(OCC(=O)Nc3cccc(C(=O)O)c3)ccc12. The molecule has 0 bridgehead atoms. The summed E-state index contributed by atoms with van der Waals surface area (Å²) in [5.74, 6) is -1.15. The zero-order chi connectivity index (χ0) is 18.7. The molecular formula is C19H15NO6. The maximum Gasteiger partial charge on any atom is 0.336 e. The van der Waals surface area contributed by atoms with Gasteiger partial charge in [0, 0.05) is 23.2 Å². The molecule has 132 valence electrons. The fourth-order valence-corrected chi connectivity index (χ4v) is 2.47. The van der Waals surface area contributed by atoms with Crippen LogP contribution in [0.3, 0.4) is 0 Å². The van der Waals surface area contributed by atoms with Crippen LogP contribution in [0.4, 0.5) is 5.69 Å². The van der Waals surface area contributed by atoms with Crippen LogP contribution in [0.5, 0.6) is 5.75 Å². The number of hydrogen-bond acceptors (Lipinski definition) is 5. The van der Waals surface area contributed by atoms with Gasteiger partial charge in [0.1, 0.15) is 11.3 Å². The lowest BCUT2D eigenvalue weighted by Gasteiger charge is -2.09. The van der Waals surface area contributed by atoms with Crippen LogP contribution in [0.2, 0.25) is 0 Å². The summed E-state index contributed by atoms with van der Waals surface area (Å²) >= 11 is 0. The number of aromatic carboxylic acids is 1. The maximum atomic E-state index is 12.0. The summed E-state index contributed by atoms with van der Waals surface area (Å²) in [7, 11) is 0. The van der Waals surface area contributed by atoms with Gasteiger partial charge in [-0.2, -0.15) is 0 Å². The van der Waals surface area contributed by atoms with Crippen LogP contribution < -0.4 is 15.7 Å². The van der Waals surface area contributed by atoms with Gasteiger partial charge in [-0.1, -0.05) is 6.07 Å². The molecule has 7 heteroatoms. The van der Waals surface area contributed by atoms with E-state index < -0.39 is 17.5 Å². The molecule has 0 saturated heterocycles. The monoisotopic (exact) mass is 353 g/mol. The number of carbonyl (C=O) groups excluding carboxylic acids is 1. The smallest absolute Gasteiger partial charge is 0.336 e. The number of anilines is 1. The second kappa shape index (κ2) is 7.10. The van der Waals surface area contributed by atoms with Crippen molar-refractivity contribution < 1.29 is 23.8 Å². The Hall–Kier alpha value is -3.61. The molecule has 0 unspecified atom stereocenters. The first-order chi connectivity index (χ1) is 12.4. The lowest BCUT2D eigenvalue weighted by atomic mass is 10.1. The predicted octanol–water partition coefficient (Wildman–Crippen LogP) is 2.82. The van der Waals surface area contributed by atoms with Gasteiger partial charge < -0.3 is 19.6 Å². The highest BCUT2D eigenvalue weighted by Gasteiger charge is 2.08. The lowest BCUT2D eigenvalue weighted by Crippen LogP contribution is -2.20. The summed E-state index contributed by atoms with van der Waals surface area (Å²) in [4.78, 5) is 34.4. The van der Waals surface area contributed by atoms with Gasteiger partial charge in [0.25, 0.3) is 5.91 Å². The van der Waals surface area contributed by atoms with Gasteiger partial charge in [-0.05, 0) is 42.8 Å². The van der Waals surface area contributed by atoms with Crippen molar-refractivity contribution in [2.24, 2.45) is 0 Å². The summed E-state index contributed by atoms with van der Waals surface area (Å²) in [5.41, 5.74) is 1.14. The van der Waals surface area contributed by atoms with Gasteiger partial charge in [0.05, 0.1) is 5.56 Å². The summed E-state index contributed by atoms with van der Waals surface area (Å²) in [6.45, 7) is 1.53. The van der Waals surface area contributed by atoms with E-state index in [0.717, 1.165) is 10.9 Å². The van der Waals surface area contributed by atoms with Crippen LogP contribution >= 0.6 is 0 Å². The van der Waals surface area contributed by atoms with Crippen molar-refractivity contribution in [3.05, 3.63) is 70.1 Å². The molecular weight excluding hydrogens is 338 g/mol. The normalized spacial score (nSPS) is 10.5. The Labute approximate surface area is 147 Å². The minimum Gasteiger partial charge on any atom is -0.484 e. The molecule has 2 N–H and O–H groups in total. The zero-order valence-electron chi connectivity index (χ0n) is 13.8. The van der Waals surface area contributed by atoms with E-state index in [2.05, 4.69) is 5.32 Å². The van der Waals surface area contributed by atoms with E-state index in [0.29, 0.717) is 17.0 Å². The predicted molar refractivity (Wildman–Crippen MR) is 94.7 cm³/mol. The molecule has 0 atom stereocenters. The van der Waals surface area contributed by atoms with E-state index in [1.165, 1.54) is 24.3 Å². The third kappa shape index (κ3) is 3.89. The Balaban J connectivity index is 1.68. The molecule has 0 aliphatic rings. The molecule has 2 aromatic carbocycles. The van der Waals surface area contributed by atoms with Gasteiger partial charge >= 0.3 is 11.6 Å². The van der Waals surface area contributed by atoms with E-state index in [9.17, 15) is 14.4 Å². The van der Waals surface area contributed by atoms with Crippen LogP contribution in [0.15, 0.2) is 57.7 Å². The van der Waals surface area contributed by atoms with E-state index in [-0.39, 0.29) is 12.2 Å². The van der Waals surface area contributed by atoms with Crippen LogP contribution in [0.1, 0.15) is 15.9 Å². The van der Waals surface area contributed by atoms with Crippen LogP contribution in [-0.4, -0.2) is 23.6 Å². The lowest BCUT2D eigenvalue weighted by molar-refractivity contribution is -0.118. The third-order valence-corrected chi connectivity index (χ3v) is 3.69. The van der Waals surface area contributed by atoms with E-state index in [1.807, 2.05) is 0 Å². The van der Waals surface area contributed by atoms with Gasteiger partial charge in [-0.25, -0.2) is 9.59 Å². The summed E-state index contributed by atoms with van der Waals surface area (Å²) in [6.07, 6.45) is 0. The number of fused-ring (bicyclic) bond motifs is 1. The standard InChI is InChI=1S/C19H15NO6/c1-11-7-18(22)26-16-9-14(5-6-15(11)16)25-10-17(21)20-13-4-2-3-12(8-13)19(23)24/h2-9H,10H2,1H3,(H,20,21)(H,23,24). The number of rotatable bonds is 5. The third-order valence-electron chi connectivity index (χ3n) is 3.69. The summed E-state index contributed by atoms with van der Waals surface area (Å²) in [5, 5.41) is 12.3. The number of ether oxygens (including phenoxy) is 1. The fourth-order valence-electron chi connectivity index (χ4n) is 2.47. The second-order valence-corrected chi connectivity index (χ2v) is 5.63. The number of carboxylic acid groups (broad SMARTS) is 1. The number of aryl methyl sites for hydroxylation is 1. The first-order valence-corrected chi connectivity index (χ1v) is 7.73. The number of benzene rings is 2. The zero-order valence-corrected chi connectivity index (χ0v) is 13.8. The van der Waals surface area contributed by atoms with Gasteiger partial charge in [0.15, 0.2) is 6.61 Å². The molecule has 0 saturated carbocycles. The molecule has 26 heavy (non-hydrogen) atoms. The average molecular weight is 353 g/mol. The molecule has 0 aliphatic heterocycles. The van der Waals surface area contributed by atoms with Gasteiger partial charge in [-0.15, -0.1) is 0 Å². The Morgan fingerprint density at radius 3 is 2.73 bits per heavy atom. The number of carboxylic acids is 1. The molecule has 0 aliphatic carbocycles. The molecule has 3 rings (SSSR count). The quantitative estimate of drug-likeness (QED) is 0.683. The fraction of sp³-hybridized carbons (Fsp3) is 0.105. The molecule has 0 radical (unpaired) electrons. The number of nitrogens with one attached hydrogen (secondary N) is 1. The maximum absolute atomic E-state index is 12.0. The van der Waals surface area contributed by atoms with Gasteiger partial charge in [0.2, 0.25) is 0 Å². The molecule has 3 aromatic rings. The summed E-state index contributed by atoms with van der Waals surface area (Å²) < 4.78 is 10.5. The Bertz CT molecular complexity index is 1050. The minimum absolute atomic E-state index is 0.0728. The number of hydrogen-bond donors (Lipinski definition) is 2. The first-order valence-electron chi connectivity index (χ1n) is 7.73. The Morgan fingerprint density at radius 1 is 1.15 bits per heavy atom. The number of carbonyl (C=O) groups is 2. The molecule has 7 nitrogen and oxygen atoms in total. The van der Waals surface area contributed by atoms with E-state index >= 15 is 0 Å². The van der Waals surface area contributed by atoms with Crippen molar-refractivity contribution in [3.8, 4) is 5.75 Å². The Morgan fingerprint density at radius 2 is 1.96 bits per heavy atom. The van der Waals surface area contributed by atoms with Crippen LogP contribution in [0.25, 0.3) is 11.0 Å². The minimum atomic E-state index is -1.08. The van der Waals surface area contributed by atoms with Crippen molar-refractivity contribution in [2.75, 3.05) is 11.9 Å². The van der Waals surface area contributed by atoms with Crippen LogP contribution in [-0.2, 0) is 4.79 Å². The van der Waals surface area contributed by atoms with E-state index in [4.69, 9.17) is 14.3 Å². The highest BCUT2D eigenvalue weighted by atomic mass is 16.5. The van der Waals surface area contributed by atoms with Crippen molar-refractivity contribution in [3.63, 3.8) is 0 Å². The highest BCUT2D eigenvalue weighted by molar-refractivity contribution is 5.94. The van der Waals surface area contributed by atoms with Gasteiger partial charge in [-0.3, -0.25) is 4.79 Å². The molecule has 0 fully saturated rings. The average Bonchev–Trinajstić information content (AvgIpc) is 2.59. The van der Waals surface area contributed by atoms with Crippen molar-refractivity contribution in [2.45, 2.75) is 6.92 Å².